The fourth-order valence-corrected chi connectivity index (χ4v) is 16.0. The average Bonchev–Trinajstić information content (AvgIpc) is 0.763. The van der Waals surface area contributed by atoms with Crippen LogP contribution < -0.4 is 68.2 Å². The molecule has 0 aliphatic carbocycles. The Kier molecular flexibility index (Phi) is 27.1. The number of phenolic OH excluding ortho intramolecular Hbond substituents is 3. The van der Waals surface area contributed by atoms with Gasteiger partial charge in [0.25, 0.3) is 0 Å². The molecular formula is C80H93BrCl2N10O26. The molecule has 3 fully saturated rings. The van der Waals surface area contributed by atoms with Gasteiger partial charge in [-0.15, -0.1) is 0 Å². The molecule has 6 aromatic carbocycles. The van der Waals surface area contributed by atoms with Crippen molar-refractivity contribution in [2.24, 2.45) is 17.4 Å². The van der Waals surface area contributed by atoms with Gasteiger partial charge in [0.1, 0.15) is 89.5 Å². The minimum atomic E-state index is -2.39. The van der Waals surface area contributed by atoms with Crippen molar-refractivity contribution in [2.45, 2.75) is 207 Å². The molecule has 8 aliphatic heterocycles. The Labute approximate surface area is 698 Å². The normalized spacial score (nSPS) is 30.7. The number of carboxylic acid groups (broad SMARTS) is 1. The summed E-state index contributed by atoms with van der Waals surface area (Å²) >= 11 is 18.1. The van der Waals surface area contributed by atoms with Gasteiger partial charge in [0.05, 0.1) is 53.5 Å². The Morgan fingerprint density at radius 3 is 1.89 bits per heavy atom. The molecule has 22 atom stereocenters. The quantitative estimate of drug-likeness (QED) is 0.0588. The van der Waals surface area contributed by atoms with Crippen molar-refractivity contribution in [1.82, 2.24) is 42.5 Å². The number of nitrogens with two attached hydrogens (primary N) is 2. The average molecular weight is 1760 g/mol. The number of aliphatic hydroxyl groups is 6. The van der Waals surface area contributed by atoms with E-state index in [1.807, 2.05) is 38.1 Å². The molecule has 22 N–H and O–H groups in total. The van der Waals surface area contributed by atoms with Crippen molar-refractivity contribution in [2.75, 3.05) is 13.7 Å². The van der Waals surface area contributed by atoms with E-state index in [2.05, 4.69) is 58.5 Å². The van der Waals surface area contributed by atoms with Crippen molar-refractivity contribution < 1.29 is 127 Å². The highest BCUT2D eigenvalue weighted by Gasteiger charge is 2.53. The number of hydrogen-bond donors (Lipinski definition) is 20. The van der Waals surface area contributed by atoms with Crippen molar-refractivity contribution in [3.63, 3.8) is 0 Å². The van der Waals surface area contributed by atoms with Crippen LogP contribution in [-0.4, -0.2) is 215 Å². The Hall–Kier alpha value is -9.62. The number of aliphatic carboxylic acids is 1. The standard InChI is InChI=1S/C80H93BrCl2N10O26/c1-31(2)18-45(86-7)71(104)92-61-63(99)36-11-16-49(43(82)20-36)114-51-22-38-23-52(67(51)119-78-68(65(101)64(100)53(30-94)116-78)118-56-28-80(6,70(103)33(4)113-56)87-29-34-8-13-39(81)14-9-34)115-50-17-12-37(21-44(50)83)66(117-55-27-79(5,85)69(102)32(3)112-55)62-76(109)91-60(77(110)111)42-24-40(95)25-48(97)57(42)41-19-35(10-15-47(41)96)58(73(106)93-62)90-74(107)59(38)89-72(105)46(26-54(84)98)88-75(61)108/h8-17,19-25,31-33,45-46,53,55-56,58-66,68-70,78,86-87,94-97,99-103H,18,26-30,85H2,1-7H3,(H2,84,98)(H,88,108)(H,89,105)(H,90,107)(H,91,109)(H,92,104)(H,93,106)(H,110,111)/t32-,33-,45-,46+,53-,55-,56-,58-,59-,60+,61-,62+,63-,64-,65+,66-,68-,69+,70+,78+,79-,80-/m1/s1. The van der Waals surface area contributed by atoms with Gasteiger partial charge in [-0.05, 0) is 142 Å². The predicted molar refractivity (Wildman–Crippen MR) is 423 cm³/mol. The fourth-order valence-electron chi connectivity index (χ4n) is 15.3. The molecule has 14 rings (SSSR count). The SMILES string of the molecule is CN[C@H](CC(C)C)C(=O)N[C@H]1C(=O)N[C@@H](CC(N)=O)C(=O)N[C@H]2C(=O)N[C@H]3C(=O)N[C@H](C(=O)N[C@H](C(=O)O)c4cc(O)cc(O)c4-c4cc3ccc4O)[C@H](O[C@@H]3C[C@@](C)(N)[C@@H](O)[C@@H](C)O3)c3ccc(c(Cl)c3)Oc3cc2cc(c3O[C@@H]2O[C@H](CO)[C@@H](O)[C@H](O)[C@H]2O[C@@H]2C[C@@](C)(NCc3ccc(Br)cc3)[C@@H](O)[C@@H](C)O2)Oc2ccc(cc2Cl)[C@H]1O. The Morgan fingerprint density at radius 2 is 1.28 bits per heavy atom. The van der Waals surface area contributed by atoms with Crippen LogP contribution in [0.2, 0.25) is 10.0 Å². The van der Waals surface area contributed by atoms with Gasteiger partial charge < -0.3 is 143 Å². The molecule has 119 heavy (non-hydrogen) atoms. The Bertz CT molecular complexity index is 4860. The van der Waals surface area contributed by atoms with E-state index in [4.69, 9.17) is 72.6 Å². The highest BCUT2D eigenvalue weighted by atomic mass is 79.9. The summed E-state index contributed by atoms with van der Waals surface area (Å²) in [5.41, 5.74) is 7.84. The molecule has 0 radical (unpaired) electrons. The first-order valence-electron chi connectivity index (χ1n) is 38.0. The first kappa shape index (κ1) is 88.7. The predicted octanol–water partition coefficient (Wildman–Crippen LogP) is 2.94. The number of nitrogens with one attached hydrogen (secondary N) is 8. The fraction of sp³-hybridized carbons (Fsp3) is 0.450. The van der Waals surface area contributed by atoms with Crippen LogP contribution in [0.5, 0.6) is 46.0 Å². The van der Waals surface area contributed by atoms with Gasteiger partial charge in [0, 0.05) is 57.7 Å². The molecule has 640 valence electrons. The maximum atomic E-state index is 16.5. The minimum Gasteiger partial charge on any atom is -0.508 e. The first-order chi connectivity index (χ1) is 56.2. The van der Waals surface area contributed by atoms with E-state index >= 15 is 24.0 Å². The number of aliphatic hydroxyl groups excluding tert-OH is 6. The number of halogens is 3. The molecule has 3 saturated heterocycles. The van der Waals surface area contributed by atoms with E-state index in [-0.39, 0.29) is 59.2 Å². The van der Waals surface area contributed by atoms with E-state index in [9.17, 15) is 65.4 Å². The van der Waals surface area contributed by atoms with Crippen molar-refractivity contribution in [3.8, 4) is 57.1 Å². The van der Waals surface area contributed by atoms with Crippen LogP contribution in [0.3, 0.4) is 0 Å². The van der Waals surface area contributed by atoms with Gasteiger partial charge in [0.15, 0.2) is 36.2 Å². The minimum absolute atomic E-state index is 0.115. The van der Waals surface area contributed by atoms with Gasteiger partial charge in [-0.3, -0.25) is 33.6 Å². The topological polar surface area (TPSA) is 561 Å². The molecule has 0 aromatic heterocycles. The Balaban J connectivity index is 1.10. The number of ether oxygens (including phenoxy) is 8. The maximum absolute atomic E-state index is 16.5. The smallest absolute Gasteiger partial charge is 0.330 e. The molecule has 11 bridgehead atoms. The molecule has 8 aliphatic rings. The number of carbonyl (C=O) groups excluding carboxylic acids is 7. The van der Waals surface area contributed by atoms with Crippen LogP contribution in [0.15, 0.2) is 108 Å². The van der Waals surface area contributed by atoms with Crippen LogP contribution in [0.25, 0.3) is 11.1 Å². The summed E-state index contributed by atoms with van der Waals surface area (Å²) < 4.78 is 53.5. The zero-order valence-corrected chi connectivity index (χ0v) is 68.1. The molecule has 39 heteroatoms. The number of primary amides is 1. The second-order valence-corrected chi connectivity index (χ2v) is 32.9. The summed E-state index contributed by atoms with van der Waals surface area (Å²) in [6.07, 6.45) is -22.7. The molecule has 36 nitrogen and oxygen atoms in total. The van der Waals surface area contributed by atoms with Crippen molar-refractivity contribution in [1.29, 1.82) is 0 Å². The van der Waals surface area contributed by atoms with E-state index in [1.165, 1.54) is 51.2 Å². The number of phenols is 3. The third-order valence-electron chi connectivity index (χ3n) is 21.7. The third-order valence-corrected chi connectivity index (χ3v) is 22.8. The lowest BCUT2D eigenvalue weighted by atomic mass is 9.84. The summed E-state index contributed by atoms with van der Waals surface area (Å²) in [4.78, 5) is 120. The highest BCUT2D eigenvalue weighted by Crippen LogP contribution is 2.51. The summed E-state index contributed by atoms with van der Waals surface area (Å²) in [7, 11) is 1.48. The van der Waals surface area contributed by atoms with Crippen LogP contribution in [-0.2, 0) is 68.6 Å². The number of fused-ring (bicyclic) bond motifs is 15. The van der Waals surface area contributed by atoms with Crippen LogP contribution in [0.4, 0.5) is 0 Å². The summed E-state index contributed by atoms with van der Waals surface area (Å²) in [5.74, 6) is -16.1. The molecule has 7 amide bonds. The molecule has 6 aromatic rings. The number of aromatic hydroxyl groups is 3. The van der Waals surface area contributed by atoms with E-state index in [1.54, 1.807) is 13.8 Å². The zero-order valence-electron chi connectivity index (χ0n) is 65.0. The lowest BCUT2D eigenvalue weighted by molar-refractivity contribution is -0.334. The second-order valence-electron chi connectivity index (χ2n) is 31.1. The largest absolute Gasteiger partial charge is 0.508 e. The maximum Gasteiger partial charge on any atom is 0.330 e. The monoisotopic (exact) mass is 1760 g/mol. The molecule has 8 heterocycles. The van der Waals surface area contributed by atoms with Gasteiger partial charge in [-0.25, -0.2) is 4.79 Å². The number of benzene rings is 6. The summed E-state index contributed by atoms with van der Waals surface area (Å²) in [5, 5.41) is 137. The van der Waals surface area contributed by atoms with E-state index < -0.39 is 261 Å². The third kappa shape index (κ3) is 19.4. The van der Waals surface area contributed by atoms with Crippen molar-refractivity contribution in [3.05, 3.63) is 151 Å². The van der Waals surface area contributed by atoms with Gasteiger partial charge in [-0.1, -0.05) is 83.3 Å². The zero-order chi connectivity index (χ0) is 86.3. The molecule has 0 unspecified atom stereocenters. The first-order valence-corrected chi connectivity index (χ1v) is 39.5. The van der Waals surface area contributed by atoms with E-state index in [0.717, 1.165) is 58.6 Å². The van der Waals surface area contributed by atoms with Gasteiger partial charge >= 0.3 is 5.97 Å². The van der Waals surface area contributed by atoms with Crippen LogP contribution >= 0.6 is 39.1 Å². The van der Waals surface area contributed by atoms with Gasteiger partial charge in [0.2, 0.25) is 53.4 Å². The van der Waals surface area contributed by atoms with Gasteiger partial charge in [-0.2, -0.15) is 0 Å². The highest BCUT2D eigenvalue weighted by molar-refractivity contribution is 9.10. The number of rotatable bonds is 18. The molecule has 0 spiro atoms. The van der Waals surface area contributed by atoms with Crippen molar-refractivity contribution >= 4 is 86.5 Å². The van der Waals surface area contributed by atoms with Crippen LogP contribution in [0.1, 0.15) is 131 Å². The number of carbonyl (C=O) groups is 8. The molecule has 0 saturated carbocycles. The van der Waals surface area contributed by atoms with E-state index in [0.29, 0.717) is 0 Å². The number of likely N-dealkylation sites (N-methyl/N-ethyl adjacent to an activating group) is 1. The van der Waals surface area contributed by atoms with Crippen LogP contribution in [0, 0.1) is 5.92 Å². The Morgan fingerprint density at radius 1 is 0.672 bits per heavy atom. The number of carboxylic acids is 1. The number of amides is 7. The summed E-state index contributed by atoms with van der Waals surface area (Å²) in [6, 6.07) is 7.01. The number of hydrogen-bond acceptors (Lipinski definition) is 28. The molecular weight excluding hydrogens is 1670 g/mol. The lowest BCUT2D eigenvalue weighted by Crippen LogP contribution is -2.65. The summed E-state index contributed by atoms with van der Waals surface area (Å²) in [6.45, 7) is 9.10. The second kappa shape index (κ2) is 36.4. The lowest BCUT2D eigenvalue weighted by Gasteiger charge is -2.48.